The Balaban J connectivity index is 1.63. The zero-order chi connectivity index (χ0) is 14.5. The van der Waals surface area contributed by atoms with Gasteiger partial charge in [-0.05, 0) is 35.6 Å². The van der Waals surface area contributed by atoms with Crippen molar-refractivity contribution in [2.24, 2.45) is 5.73 Å². The first-order chi connectivity index (χ1) is 10.4. The van der Waals surface area contributed by atoms with Gasteiger partial charge in [0.2, 0.25) is 0 Å². The van der Waals surface area contributed by atoms with Crippen LogP contribution in [-0.4, -0.2) is 11.2 Å². The molecule has 3 nitrogen and oxygen atoms in total. The van der Waals surface area contributed by atoms with Gasteiger partial charge < -0.3 is 15.0 Å². The van der Waals surface area contributed by atoms with Crippen LogP contribution in [0.25, 0.3) is 10.9 Å². The van der Waals surface area contributed by atoms with Gasteiger partial charge in [0.1, 0.15) is 5.75 Å². The van der Waals surface area contributed by atoms with Gasteiger partial charge in [-0.15, -0.1) is 0 Å². The summed E-state index contributed by atoms with van der Waals surface area (Å²) in [6, 6.07) is 18.4. The number of aryl methyl sites for hydroxylation is 1. The highest BCUT2D eigenvalue weighted by molar-refractivity contribution is 5.83. The van der Waals surface area contributed by atoms with E-state index in [1.165, 1.54) is 16.5 Å². The van der Waals surface area contributed by atoms with Crippen LogP contribution in [-0.2, 0) is 13.1 Å². The molecule has 0 amide bonds. The second-order valence-corrected chi connectivity index (χ2v) is 5.08. The smallest absolute Gasteiger partial charge is 0.119 e. The van der Waals surface area contributed by atoms with Crippen molar-refractivity contribution in [1.29, 1.82) is 0 Å². The van der Waals surface area contributed by atoms with Gasteiger partial charge in [-0.25, -0.2) is 0 Å². The number of nitrogens with two attached hydrogens (primary N) is 1. The average molecular weight is 280 g/mol. The second-order valence-electron chi connectivity index (χ2n) is 5.08. The molecule has 0 aliphatic heterocycles. The summed E-state index contributed by atoms with van der Waals surface area (Å²) in [7, 11) is 0. The predicted molar refractivity (Wildman–Crippen MR) is 86.4 cm³/mol. The van der Waals surface area contributed by atoms with E-state index in [-0.39, 0.29) is 0 Å². The first kappa shape index (κ1) is 13.7. The Labute approximate surface area is 125 Å². The zero-order valence-corrected chi connectivity index (χ0v) is 12.0. The number of nitrogens with zero attached hydrogens (tertiary/aromatic N) is 1. The lowest BCUT2D eigenvalue weighted by molar-refractivity contribution is 0.302. The van der Waals surface area contributed by atoms with Crippen molar-refractivity contribution in [2.45, 2.75) is 19.5 Å². The highest BCUT2D eigenvalue weighted by Crippen LogP contribution is 2.20. The number of ether oxygens (including phenoxy) is 1. The molecule has 2 N–H and O–H groups in total. The van der Waals surface area contributed by atoms with E-state index >= 15 is 0 Å². The van der Waals surface area contributed by atoms with Gasteiger partial charge in [0, 0.05) is 19.3 Å². The molecule has 0 saturated heterocycles. The minimum atomic E-state index is 0.571. The number of benzene rings is 2. The van der Waals surface area contributed by atoms with E-state index in [2.05, 4.69) is 35.0 Å². The summed E-state index contributed by atoms with van der Waals surface area (Å²) in [5.74, 6) is 0.928. The maximum Gasteiger partial charge on any atom is 0.119 e. The number of para-hydroxylation sites is 2. The number of hydrogen-bond donors (Lipinski definition) is 1. The molecular formula is C18H20N2O. The molecule has 0 radical (unpaired) electrons. The number of aromatic nitrogens is 1. The van der Waals surface area contributed by atoms with Gasteiger partial charge in [-0.3, -0.25) is 0 Å². The van der Waals surface area contributed by atoms with E-state index in [4.69, 9.17) is 10.5 Å². The van der Waals surface area contributed by atoms with Crippen LogP contribution in [0.3, 0.4) is 0 Å². The quantitative estimate of drug-likeness (QED) is 0.701. The van der Waals surface area contributed by atoms with Gasteiger partial charge in [-0.2, -0.15) is 0 Å². The minimum Gasteiger partial charge on any atom is -0.494 e. The summed E-state index contributed by atoms with van der Waals surface area (Å²) in [5.41, 5.74) is 8.28. The lowest BCUT2D eigenvalue weighted by atomic mass is 10.1. The average Bonchev–Trinajstić information content (AvgIpc) is 2.96. The third-order valence-electron chi connectivity index (χ3n) is 3.65. The van der Waals surface area contributed by atoms with E-state index in [9.17, 15) is 0 Å². The van der Waals surface area contributed by atoms with Gasteiger partial charge >= 0.3 is 0 Å². The van der Waals surface area contributed by atoms with E-state index in [1.807, 2.05) is 30.3 Å². The fourth-order valence-electron chi connectivity index (χ4n) is 2.63. The summed E-state index contributed by atoms with van der Waals surface area (Å²) in [5, 5.41) is 1.25. The Morgan fingerprint density at radius 1 is 0.952 bits per heavy atom. The SMILES string of the molecule is NCc1cccc2ccn(CCCOc3ccccc3)c12. The fraction of sp³-hybridized carbons (Fsp3) is 0.222. The molecule has 1 heterocycles. The van der Waals surface area contributed by atoms with E-state index in [0.29, 0.717) is 13.2 Å². The number of fused-ring (bicyclic) bond motifs is 1. The fourth-order valence-corrected chi connectivity index (χ4v) is 2.63. The Hall–Kier alpha value is -2.26. The molecule has 3 aromatic rings. The summed E-state index contributed by atoms with van der Waals surface area (Å²) < 4.78 is 8.00. The number of hydrogen-bond acceptors (Lipinski definition) is 2. The normalized spacial score (nSPS) is 10.9. The summed E-state index contributed by atoms with van der Waals surface area (Å²) >= 11 is 0. The van der Waals surface area contributed by atoms with E-state index < -0.39 is 0 Å². The van der Waals surface area contributed by atoms with Crippen LogP contribution in [0, 0.1) is 0 Å². The number of rotatable bonds is 6. The molecule has 0 aliphatic carbocycles. The lowest BCUT2D eigenvalue weighted by Crippen LogP contribution is -2.06. The Kier molecular flexibility index (Phi) is 4.22. The summed E-state index contributed by atoms with van der Waals surface area (Å²) in [6.07, 6.45) is 3.10. The van der Waals surface area contributed by atoms with Crippen molar-refractivity contribution >= 4 is 10.9 Å². The van der Waals surface area contributed by atoms with Crippen LogP contribution in [0.5, 0.6) is 5.75 Å². The Bertz CT molecular complexity index is 704. The standard InChI is InChI=1S/C18H20N2O/c19-14-16-7-4-6-15-10-12-20(18(15)16)11-5-13-21-17-8-2-1-3-9-17/h1-4,6-10,12H,5,11,13-14,19H2. The van der Waals surface area contributed by atoms with Crippen LogP contribution in [0.15, 0.2) is 60.8 Å². The van der Waals surface area contributed by atoms with Crippen LogP contribution < -0.4 is 10.5 Å². The van der Waals surface area contributed by atoms with Crippen LogP contribution in [0.4, 0.5) is 0 Å². The maximum absolute atomic E-state index is 5.84. The van der Waals surface area contributed by atoms with Crippen LogP contribution >= 0.6 is 0 Å². The monoisotopic (exact) mass is 280 g/mol. The summed E-state index contributed by atoms with van der Waals surface area (Å²) in [6.45, 7) is 2.23. The van der Waals surface area contributed by atoms with Gasteiger partial charge in [0.25, 0.3) is 0 Å². The van der Waals surface area contributed by atoms with E-state index in [0.717, 1.165) is 18.7 Å². The topological polar surface area (TPSA) is 40.2 Å². The molecule has 0 bridgehead atoms. The second kappa shape index (κ2) is 6.46. The van der Waals surface area contributed by atoms with Gasteiger partial charge in [-0.1, -0.05) is 36.4 Å². The molecule has 3 rings (SSSR count). The largest absolute Gasteiger partial charge is 0.494 e. The van der Waals surface area contributed by atoms with Crippen molar-refractivity contribution in [2.75, 3.05) is 6.61 Å². The summed E-state index contributed by atoms with van der Waals surface area (Å²) in [4.78, 5) is 0. The van der Waals surface area contributed by atoms with Gasteiger partial charge in [0.05, 0.1) is 12.1 Å². The molecular weight excluding hydrogens is 260 g/mol. The molecule has 2 aromatic carbocycles. The molecule has 3 heteroatoms. The first-order valence-electron chi connectivity index (χ1n) is 7.33. The van der Waals surface area contributed by atoms with Gasteiger partial charge in [0.15, 0.2) is 0 Å². The zero-order valence-electron chi connectivity index (χ0n) is 12.0. The van der Waals surface area contributed by atoms with E-state index in [1.54, 1.807) is 0 Å². The van der Waals surface area contributed by atoms with Crippen molar-refractivity contribution in [1.82, 2.24) is 4.57 Å². The lowest BCUT2D eigenvalue weighted by Gasteiger charge is -2.10. The van der Waals surface area contributed by atoms with Crippen molar-refractivity contribution in [3.8, 4) is 5.75 Å². The first-order valence-corrected chi connectivity index (χ1v) is 7.33. The molecule has 0 atom stereocenters. The molecule has 0 saturated carbocycles. The molecule has 0 aliphatic rings. The minimum absolute atomic E-state index is 0.571. The molecule has 0 unspecified atom stereocenters. The van der Waals surface area contributed by atoms with Crippen LogP contribution in [0.2, 0.25) is 0 Å². The molecule has 21 heavy (non-hydrogen) atoms. The molecule has 0 fully saturated rings. The highest BCUT2D eigenvalue weighted by Gasteiger charge is 2.05. The Morgan fingerprint density at radius 3 is 2.62 bits per heavy atom. The maximum atomic E-state index is 5.84. The highest BCUT2D eigenvalue weighted by atomic mass is 16.5. The third-order valence-corrected chi connectivity index (χ3v) is 3.65. The third kappa shape index (κ3) is 3.09. The molecule has 1 aromatic heterocycles. The van der Waals surface area contributed by atoms with Crippen LogP contribution in [0.1, 0.15) is 12.0 Å². The van der Waals surface area contributed by atoms with Crippen molar-refractivity contribution in [3.05, 3.63) is 66.4 Å². The predicted octanol–water partition coefficient (Wildman–Crippen LogP) is 3.57. The van der Waals surface area contributed by atoms with Crippen molar-refractivity contribution < 1.29 is 4.74 Å². The Morgan fingerprint density at radius 2 is 1.81 bits per heavy atom. The molecule has 0 spiro atoms. The molecule has 108 valence electrons. The van der Waals surface area contributed by atoms with Crippen molar-refractivity contribution in [3.63, 3.8) is 0 Å².